The van der Waals surface area contributed by atoms with Crippen LogP contribution in [-0.2, 0) is 12.8 Å². The van der Waals surface area contributed by atoms with Crippen LogP contribution in [0.15, 0.2) is 42.5 Å². The van der Waals surface area contributed by atoms with Gasteiger partial charge < -0.3 is 14.8 Å². The van der Waals surface area contributed by atoms with E-state index in [1.54, 1.807) is 0 Å². The van der Waals surface area contributed by atoms with E-state index in [-0.39, 0.29) is 11.9 Å². The van der Waals surface area contributed by atoms with Gasteiger partial charge in [-0.3, -0.25) is 4.79 Å². The molecule has 0 saturated heterocycles. The maximum absolute atomic E-state index is 12.4. The first-order valence-corrected chi connectivity index (χ1v) is 9.44. The Labute approximate surface area is 155 Å². The summed E-state index contributed by atoms with van der Waals surface area (Å²) in [6, 6.07) is 13.7. The van der Waals surface area contributed by atoms with Crippen molar-refractivity contribution in [1.82, 2.24) is 5.32 Å². The van der Waals surface area contributed by atoms with E-state index < -0.39 is 0 Å². The first-order chi connectivity index (χ1) is 12.7. The number of amides is 1. The molecular formula is C22H27NO3. The van der Waals surface area contributed by atoms with Crippen molar-refractivity contribution in [2.45, 2.75) is 45.6 Å². The highest BCUT2D eigenvalue weighted by Crippen LogP contribution is 2.26. The van der Waals surface area contributed by atoms with Crippen LogP contribution in [0.4, 0.5) is 0 Å². The SMILES string of the molecule is CCCCOc1ccc(C(=O)NC(C)Cc2ccc3c(c2)CCO3)cc1. The molecule has 0 radical (unpaired) electrons. The number of hydrogen-bond acceptors (Lipinski definition) is 3. The van der Waals surface area contributed by atoms with Crippen molar-refractivity contribution in [3.8, 4) is 11.5 Å². The van der Waals surface area contributed by atoms with Crippen LogP contribution in [0.1, 0.15) is 48.2 Å². The van der Waals surface area contributed by atoms with Gasteiger partial charge in [-0.25, -0.2) is 0 Å². The van der Waals surface area contributed by atoms with Gasteiger partial charge in [0.2, 0.25) is 0 Å². The van der Waals surface area contributed by atoms with Crippen molar-refractivity contribution in [1.29, 1.82) is 0 Å². The third kappa shape index (κ3) is 4.78. The minimum absolute atomic E-state index is 0.0536. The van der Waals surface area contributed by atoms with Gasteiger partial charge >= 0.3 is 0 Å². The van der Waals surface area contributed by atoms with Crippen LogP contribution in [0, 0.1) is 0 Å². The molecule has 1 heterocycles. The molecule has 1 amide bonds. The minimum atomic E-state index is -0.0536. The van der Waals surface area contributed by atoms with Crippen LogP contribution < -0.4 is 14.8 Å². The quantitative estimate of drug-likeness (QED) is 0.725. The van der Waals surface area contributed by atoms with Crippen LogP contribution in [0.5, 0.6) is 11.5 Å². The number of ether oxygens (including phenoxy) is 2. The third-order valence-corrected chi connectivity index (χ3v) is 4.56. The molecule has 0 saturated carbocycles. The molecule has 138 valence electrons. The molecule has 0 aromatic heterocycles. The second-order valence-electron chi connectivity index (χ2n) is 6.85. The highest BCUT2D eigenvalue weighted by atomic mass is 16.5. The maximum Gasteiger partial charge on any atom is 0.251 e. The topological polar surface area (TPSA) is 47.6 Å². The number of fused-ring (bicyclic) bond motifs is 1. The summed E-state index contributed by atoms with van der Waals surface area (Å²) in [6.07, 6.45) is 3.91. The zero-order valence-corrected chi connectivity index (χ0v) is 15.6. The predicted octanol–water partition coefficient (Wildman–Crippen LogP) is 4.16. The van der Waals surface area contributed by atoms with E-state index in [9.17, 15) is 4.79 Å². The van der Waals surface area contributed by atoms with Crippen molar-refractivity contribution in [2.75, 3.05) is 13.2 Å². The first-order valence-electron chi connectivity index (χ1n) is 9.44. The Morgan fingerprint density at radius 2 is 2.04 bits per heavy atom. The summed E-state index contributed by atoms with van der Waals surface area (Å²) in [6.45, 7) is 5.65. The van der Waals surface area contributed by atoms with E-state index in [0.717, 1.165) is 43.8 Å². The highest BCUT2D eigenvalue weighted by molar-refractivity contribution is 5.94. The fourth-order valence-electron chi connectivity index (χ4n) is 3.12. The number of benzene rings is 2. The lowest BCUT2D eigenvalue weighted by molar-refractivity contribution is 0.0940. The van der Waals surface area contributed by atoms with E-state index in [1.807, 2.05) is 37.3 Å². The standard InChI is InChI=1S/C22H27NO3/c1-3-4-12-25-20-8-6-18(7-9-20)22(24)23-16(2)14-17-5-10-21-19(15-17)11-13-26-21/h5-10,15-16H,3-4,11-14H2,1-2H3,(H,23,24). The second-order valence-corrected chi connectivity index (χ2v) is 6.85. The minimum Gasteiger partial charge on any atom is -0.494 e. The van der Waals surface area contributed by atoms with Crippen LogP contribution in [0.3, 0.4) is 0 Å². The van der Waals surface area contributed by atoms with Gasteiger partial charge in [-0.2, -0.15) is 0 Å². The summed E-state index contributed by atoms with van der Waals surface area (Å²) in [5.74, 6) is 1.75. The average molecular weight is 353 g/mol. The Kier molecular flexibility index (Phi) is 6.16. The number of unbranched alkanes of at least 4 members (excludes halogenated alkanes) is 1. The first kappa shape index (κ1) is 18.3. The van der Waals surface area contributed by atoms with E-state index in [1.165, 1.54) is 11.1 Å². The lowest BCUT2D eigenvalue weighted by Crippen LogP contribution is -2.34. The van der Waals surface area contributed by atoms with Crippen molar-refractivity contribution in [3.63, 3.8) is 0 Å². The predicted molar refractivity (Wildman–Crippen MR) is 103 cm³/mol. The molecule has 1 unspecified atom stereocenters. The molecule has 1 aliphatic heterocycles. The van der Waals surface area contributed by atoms with Gasteiger partial charge in [-0.05, 0) is 61.2 Å². The van der Waals surface area contributed by atoms with Gasteiger partial charge in [-0.15, -0.1) is 0 Å². The molecule has 0 bridgehead atoms. The smallest absolute Gasteiger partial charge is 0.251 e. The molecule has 2 aromatic rings. The van der Waals surface area contributed by atoms with Crippen molar-refractivity contribution in [3.05, 3.63) is 59.2 Å². The largest absolute Gasteiger partial charge is 0.494 e. The van der Waals surface area contributed by atoms with Gasteiger partial charge in [0.05, 0.1) is 13.2 Å². The van der Waals surface area contributed by atoms with Gasteiger partial charge in [0.15, 0.2) is 0 Å². The maximum atomic E-state index is 12.4. The monoisotopic (exact) mass is 353 g/mol. The van der Waals surface area contributed by atoms with Gasteiger partial charge in [0.1, 0.15) is 11.5 Å². The summed E-state index contributed by atoms with van der Waals surface area (Å²) in [4.78, 5) is 12.4. The summed E-state index contributed by atoms with van der Waals surface area (Å²) in [5.41, 5.74) is 3.14. The molecule has 1 atom stereocenters. The molecule has 1 aliphatic rings. The zero-order valence-electron chi connectivity index (χ0n) is 15.6. The number of hydrogen-bond donors (Lipinski definition) is 1. The van der Waals surface area contributed by atoms with Gasteiger partial charge in [-0.1, -0.05) is 25.5 Å². The lowest BCUT2D eigenvalue weighted by atomic mass is 10.0. The number of carbonyl (C=O) groups excluding carboxylic acids is 1. The Morgan fingerprint density at radius 1 is 1.23 bits per heavy atom. The summed E-state index contributed by atoms with van der Waals surface area (Å²) >= 11 is 0. The highest BCUT2D eigenvalue weighted by Gasteiger charge is 2.14. The fourth-order valence-corrected chi connectivity index (χ4v) is 3.12. The Hall–Kier alpha value is -2.49. The molecule has 0 spiro atoms. The molecule has 4 nitrogen and oxygen atoms in total. The van der Waals surface area contributed by atoms with Crippen molar-refractivity contribution in [2.24, 2.45) is 0 Å². The molecule has 0 aliphatic carbocycles. The molecule has 1 N–H and O–H groups in total. The van der Waals surface area contributed by atoms with Crippen molar-refractivity contribution >= 4 is 5.91 Å². The zero-order chi connectivity index (χ0) is 18.4. The lowest BCUT2D eigenvalue weighted by Gasteiger charge is -2.15. The fraction of sp³-hybridized carbons (Fsp3) is 0.409. The summed E-state index contributed by atoms with van der Waals surface area (Å²) < 4.78 is 11.2. The van der Waals surface area contributed by atoms with Crippen LogP contribution in [-0.4, -0.2) is 25.2 Å². The van der Waals surface area contributed by atoms with Gasteiger partial charge in [0, 0.05) is 18.0 Å². The second kappa shape index (κ2) is 8.75. The Morgan fingerprint density at radius 3 is 2.81 bits per heavy atom. The third-order valence-electron chi connectivity index (χ3n) is 4.56. The number of carbonyl (C=O) groups is 1. The van der Waals surface area contributed by atoms with Gasteiger partial charge in [0.25, 0.3) is 5.91 Å². The summed E-state index contributed by atoms with van der Waals surface area (Å²) in [5, 5.41) is 3.07. The Balaban J connectivity index is 1.52. The van der Waals surface area contributed by atoms with E-state index >= 15 is 0 Å². The number of nitrogens with one attached hydrogen (secondary N) is 1. The molecule has 26 heavy (non-hydrogen) atoms. The molecule has 4 heteroatoms. The average Bonchev–Trinajstić information content (AvgIpc) is 3.10. The van der Waals surface area contributed by atoms with Crippen LogP contribution in [0.25, 0.3) is 0 Å². The molecule has 2 aromatic carbocycles. The normalized spacial score (nSPS) is 13.6. The molecule has 0 fully saturated rings. The Bertz CT molecular complexity index is 740. The number of rotatable bonds is 8. The van der Waals surface area contributed by atoms with E-state index in [2.05, 4.69) is 24.4 Å². The van der Waals surface area contributed by atoms with E-state index in [0.29, 0.717) is 12.2 Å². The molecule has 3 rings (SSSR count). The molecular weight excluding hydrogens is 326 g/mol. The summed E-state index contributed by atoms with van der Waals surface area (Å²) in [7, 11) is 0. The van der Waals surface area contributed by atoms with Crippen LogP contribution in [0.2, 0.25) is 0 Å². The van der Waals surface area contributed by atoms with E-state index in [4.69, 9.17) is 9.47 Å². The van der Waals surface area contributed by atoms with Crippen LogP contribution >= 0.6 is 0 Å². The van der Waals surface area contributed by atoms with Crippen molar-refractivity contribution < 1.29 is 14.3 Å².